The highest BCUT2D eigenvalue weighted by atomic mass is 19.3. The van der Waals surface area contributed by atoms with Crippen LogP contribution in [0.5, 0.6) is 11.5 Å². The number of piperidine rings is 1. The number of piperazine rings is 1. The maximum atomic E-state index is 12.7. The van der Waals surface area contributed by atoms with Crippen LogP contribution in [-0.4, -0.2) is 84.6 Å². The summed E-state index contributed by atoms with van der Waals surface area (Å²) < 4.78 is 34.7. The van der Waals surface area contributed by atoms with Crippen molar-refractivity contribution in [3.8, 4) is 11.5 Å². The Bertz CT molecular complexity index is 818. The molecule has 1 aromatic rings. The fourth-order valence-corrected chi connectivity index (χ4v) is 4.33. The van der Waals surface area contributed by atoms with E-state index >= 15 is 0 Å². The molecule has 0 bridgehead atoms. The van der Waals surface area contributed by atoms with Gasteiger partial charge in [0.05, 0.1) is 24.6 Å². The number of nitro benzene ring substituents is 1. The van der Waals surface area contributed by atoms with Crippen molar-refractivity contribution >= 4 is 11.6 Å². The molecule has 2 aliphatic rings. The van der Waals surface area contributed by atoms with Crippen LogP contribution < -0.4 is 9.47 Å². The van der Waals surface area contributed by atoms with E-state index in [0.29, 0.717) is 38.3 Å². The zero-order valence-corrected chi connectivity index (χ0v) is 18.5. The molecule has 0 aliphatic carbocycles. The normalized spacial score (nSPS) is 20.4. The summed E-state index contributed by atoms with van der Waals surface area (Å²) in [5.41, 5.74) is 0.0678. The van der Waals surface area contributed by atoms with Crippen LogP contribution in [0.1, 0.15) is 31.7 Å². The third-order valence-corrected chi connectivity index (χ3v) is 6.12. The zero-order valence-electron chi connectivity index (χ0n) is 18.5. The van der Waals surface area contributed by atoms with Crippen molar-refractivity contribution in [3.05, 3.63) is 27.8 Å². The van der Waals surface area contributed by atoms with E-state index in [2.05, 4.69) is 16.6 Å². The molecule has 1 amide bonds. The second-order valence-corrected chi connectivity index (χ2v) is 8.25. The number of hydrogen-bond acceptors (Lipinski definition) is 7. The van der Waals surface area contributed by atoms with Gasteiger partial charge in [-0.1, -0.05) is 0 Å². The molecule has 2 saturated heterocycles. The third-order valence-electron chi connectivity index (χ3n) is 6.12. The minimum Gasteiger partial charge on any atom is -0.493 e. The first kappa shape index (κ1) is 24.1. The number of likely N-dealkylation sites (tertiary alicyclic amines) is 1. The van der Waals surface area contributed by atoms with Crippen LogP contribution in [0.3, 0.4) is 0 Å². The fraction of sp³-hybridized carbons (Fsp3) is 0.667. The molecule has 2 aliphatic heterocycles. The largest absolute Gasteiger partial charge is 0.493 e. The highest BCUT2D eigenvalue weighted by Gasteiger charge is 2.28. The van der Waals surface area contributed by atoms with Crippen LogP contribution in [0.15, 0.2) is 12.1 Å². The number of nitrogens with zero attached hydrogens (tertiary/aromatic N) is 4. The number of halogens is 2. The molecule has 0 saturated carbocycles. The highest BCUT2D eigenvalue weighted by Crippen LogP contribution is 2.36. The summed E-state index contributed by atoms with van der Waals surface area (Å²) in [4.78, 5) is 29.7. The number of ether oxygens (including phenoxy) is 2. The minimum absolute atomic E-state index is 0.0192. The van der Waals surface area contributed by atoms with Crippen LogP contribution in [0, 0.1) is 10.1 Å². The molecule has 9 nitrogen and oxygen atoms in total. The number of rotatable bonds is 8. The average Bonchev–Trinajstić information content (AvgIpc) is 2.75. The maximum Gasteiger partial charge on any atom is 0.387 e. The van der Waals surface area contributed by atoms with Crippen LogP contribution in [0.2, 0.25) is 0 Å². The van der Waals surface area contributed by atoms with Crippen LogP contribution in [0.25, 0.3) is 0 Å². The first-order valence-electron chi connectivity index (χ1n) is 10.8. The summed E-state index contributed by atoms with van der Waals surface area (Å²) in [6, 6.07) is 2.64. The Morgan fingerprint density at radius 1 is 1.16 bits per heavy atom. The monoisotopic (exact) mass is 456 g/mol. The van der Waals surface area contributed by atoms with Crippen molar-refractivity contribution in [2.45, 2.75) is 45.4 Å². The molecular formula is C21H30F2N4O5. The molecule has 1 aromatic carbocycles. The van der Waals surface area contributed by atoms with E-state index in [-0.39, 0.29) is 35.7 Å². The Kier molecular flexibility index (Phi) is 8.19. The topological polar surface area (TPSA) is 88.4 Å². The lowest BCUT2D eigenvalue weighted by Crippen LogP contribution is -2.51. The molecule has 3 rings (SSSR count). The first-order valence-corrected chi connectivity index (χ1v) is 10.8. The number of methoxy groups -OCH3 is 1. The van der Waals surface area contributed by atoms with Gasteiger partial charge in [-0.25, -0.2) is 0 Å². The van der Waals surface area contributed by atoms with Crippen molar-refractivity contribution in [1.29, 1.82) is 0 Å². The predicted octanol–water partition coefficient (Wildman–Crippen LogP) is 2.72. The summed E-state index contributed by atoms with van der Waals surface area (Å²) in [6.07, 6.45) is 3.26. The van der Waals surface area contributed by atoms with Gasteiger partial charge in [0, 0.05) is 50.9 Å². The first-order chi connectivity index (χ1) is 15.3. The molecule has 1 unspecified atom stereocenters. The van der Waals surface area contributed by atoms with E-state index in [9.17, 15) is 23.7 Å². The molecule has 0 radical (unpaired) electrons. The second-order valence-electron chi connectivity index (χ2n) is 8.25. The molecular weight excluding hydrogens is 426 g/mol. The highest BCUT2D eigenvalue weighted by molar-refractivity contribution is 5.78. The Morgan fingerprint density at radius 3 is 2.44 bits per heavy atom. The van der Waals surface area contributed by atoms with E-state index in [1.807, 2.05) is 9.80 Å². The number of amides is 1. The summed E-state index contributed by atoms with van der Waals surface area (Å²) in [5, 5.41) is 11.5. The summed E-state index contributed by atoms with van der Waals surface area (Å²) in [6.45, 7) is 3.06. The van der Waals surface area contributed by atoms with Crippen molar-refractivity contribution in [3.63, 3.8) is 0 Å². The number of hydrogen-bond donors (Lipinski definition) is 0. The number of alkyl halides is 2. The fourth-order valence-electron chi connectivity index (χ4n) is 4.33. The van der Waals surface area contributed by atoms with E-state index in [0.717, 1.165) is 31.9 Å². The maximum absolute atomic E-state index is 12.7. The molecule has 178 valence electrons. The molecule has 0 spiro atoms. The SMILES string of the molecule is COc1cc(CN2CCN(CC(=O)N3CCCCC3C)CC2)c([N+](=O)[O-])cc1OC(F)F. The van der Waals surface area contributed by atoms with Gasteiger partial charge in [-0.3, -0.25) is 24.7 Å². The smallest absolute Gasteiger partial charge is 0.387 e. The van der Waals surface area contributed by atoms with E-state index in [1.54, 1.807) is 0 Å². The molecule has 32 heavy (non-hydrogen) atoms. The van der Waals surface area contributed by atoms with Gasteiger partial charge in [-0.15, -0.1) is 0 Å². The summed E-state index contributed by atoms with van der Waals surface area (Å²) in [7, 11) is 1.29. The number of carbonyl (C=O) groups excluding carboxylic acids is 1. The lowest BCUT2D eigenvalue weighted by atomic mass is 10.0. The Hall–Kier alpha value is -2.53. The van der Waals surface area contributed by atoms with Crippen LogP contribution in [0.4, 0.5) is 14.5 Å². The van der Waals surface area contributed by atoms with Gasteiger partial charge in [0.1, 0.15) is 0 Å². The number of nitro groups is 1. The standard InChI is InChI=1S/C21H30F2N4O5/c1-15-5-3-4-6-26(15)20(28)14-25-9-7-24(8-10-25)13-16-11-18(31-2)19(32-21(22)23)12-17(16)27(29)30/h11-12,15,21H,3-10,13-14H2,1-2H3. The predicted molar refractivity (Wildman–Crippen MR) is 113 cm³/mol. The van der Waals surface area contributed by atoms with Crippen LogP contribution >= 0.6 is 0 Å². The summed E-state index contributed by atoms with van der Waals surface area (Å²) >= 11 is 0. The lowest BCUT2D eigenvalue weighted by Gasteiger charge is -2.38. The molecule has 0 aromatic heterocycles. The molecule has 2 fully saturated rings. The zero-order chi connectivity index (χ0) is 23.3. The van der Waals surface area contributed by atoms with Gasteiger partial charge >= 0.3 is 6.61 Å². The molecule has 1 atom stereocenters. The number of benzene rings is 1. The Labute approximate surface area is 186 Å². The van der Waals surface area contributed by atoms with Gasteiger partial charge in [0.2, 0.25) is 5.91 Å². The molecule has 0 N–H and O–H groups in total. The van der Waals surface area contributed by atoms with Gasteiger partial charge in [0.25, 0.3) is 5.69 Å². The van der Waals surface area contributed by atoms with Gasteiger partial charge in [-0.2, -0.15) is 8.78 Å². The van der Waals surface area contributed by atoms with Gasteiger partial charge in [0.15, 0.2) is 11.5 Å². The Morgan fingerprint density at radius 2 is 1.84 bits per heavy atom. The molecule has 11 heteroatoms. The quantitative estimate of drug-likeness (QED) is 0.439. The third kappa shape index (κ3) is 6.04. The second kappa shape index (κ2) is 10.9. The summed E-state index contributed by atoms with van der Waals surface area (Å²) in [5.74, 6) is -0.195. The van der Waals surface area contributed by atoms with Crippen molar-refractivity contribution in [2.75, 3.05) is 46.4 Å². The minimum atomic E-state index is -3.11. The van der Waals surface area contributed by atoms with Gasteiger partial charge in [-0.05, 0) is 32.3 Å². The van der Waals surface area contributed by atoms with Crippen molar-refractivity contribution in [2.24, 2.45) is 0 Å². The van der Waals surface area contributed by atoms with E-state index < -0.39 is 11.5 Å². The Balaban J connectivity index is 1.60. The van der Waals surface area contributed by atoms with Gasteiger partial charge < -0.3 is 14.4 Å². The van der Waals surface area contributed by atoms with Crippen molar-refractivity contribution in [1.82, 2.24) is 14.7 Å². The lowest BCUT2D eigenvalue weighted by molar-refractivity contribution is -0.385. The van der Waals surface area contributed by atoms with Crippen LogP contribution in [-0.2, 0) is 11.3 Å². The molecule has 2 heterocycles. The van der Waals surface area contributed by atoms with E-state index in [1.165, 1.54) is 13.2 Å². The number of carbonyl (C=O) groups is 1. The van der Waals surface area contributed by atoms with E-state index in [4.69, 9.17) is 4.74 Å². The van der Waals surface area contributed by atoms with Crippen molar-refractivity contribution < 1.29 is 28.0 Å². The average molecular weight is 456 g/mol.